The molecule has 1 saturated heterocycles. The van der Waals surface area contributed by atoms with Gasteiger partial charge in [-0.3, -0.25) is 4.79 Å². The van der Waals surface area contributed by atoms with Gasteiger partial charge in [0.1, 0.15) is 0 Å². The molecule has 4 heteroatoms. The number of terminal acetylenes is 1. The van der Waals surface area contributed by atoms with E-state index in [1.807, 2.05) is 23.7 Å². The van der Waals surface area contributed by atoms with Gasteiger partial charge in [0.25, 0.3) is 0 Å². The van der Waals surface area contributed by atoms with Gasteiger partial charge < -0.3 is 4.90 Å². The molecule has 0 saturated carbocycles. The molecule has 0 N–H and O–H groups in total. The van der Waals surface area contributed by atoms with Crippen LogP contribution >= 0.6 is 11.3 Å². The van der Waals surface area contributed by atoms with Crippen molar-refractivity contribution in [3.8, 4) is 12.3 Å². The molecule has 1 atom stereocenters. The summed E-state index contributed by atoms with van der Waals surface area (Å²) in [6, 6.07) is 5.90. The van der Waals surface area contributed by atoms with Crippen molar-refractivity contribution in [2.45, 2.75) is 6.42 Å². The van der Waals surface area contributed by atoms with Crippen LogP contribution in [-0.4, -0.2) is 17.4 Å². The first kappa shape index (κ1) is 10.3. The lowest BCUT2D eigenvalue weighted by atomic mass is 10.1. The van der Waals surface area contributed by atoms with Crippen LogP contribution in [0.5, 0.6) is 0 Å². The molecule has 0 aliphatic carbocycles. The maximum Gasteiger partial charge on any atom is 0.228 e. The van der Waals surface area contributed by atoms with E-state index in [2.05, 4.69) is 10.9 Å². The first-order valence-electron chi connectivity index (χ1n) is 5.37. The number of carbonyl (C=O) groups is 1. The van der Waals surface area contributed by atoms with E-state index in [-0.39, 0.29) is 11.8 Å². The minimum atomic E-state index is 0.0358. The highest BCUT2D eigenvalue weighted by atomic mass is 32.1. The van der Waals surface area contributed by atoms with E-state index in [1.165, 1.54) is 0 Å². The summed E-state index contributed by atoms with van der Waals surface area (Å²) in [6.07, 6.45) is 5.82. The number of amides is 1. The van der Waals surface area contributed by atoms with E-state index in [0.29, 0.717) is 13.0 Å². The molecule has 1 aromatic heterocycles. The minimum Gasteiger partial charge on any atom is -0.311 e. The maximum absolute atomic E-state index is 11.8. The molecule has 3 rings (SSSR count). The van der Waals surface area contributed by atoms with Crippen molar-refractivity contribution < 1.29 is 4.79 Å². The highest BCUT2D eigenvalue weighted by Crippen LogP contribution is 2.28. The van der Waals surface area contributed by atoms with Crippen molar-refractivity contribution in [2.75, 3.05) is 11.4 Å². The number of hydrogen-bond acceptors (Lipinski definition) is 3. The SMILES string of the molecule is C#CC1CC(=O)N(c2ccc3scnc3c2)C1. The standard InChI is InChI=1S/C13H10N2OS/c1-2-9-5-13(16)15(7-9)10-3-4-12-11(6-10)14-8-17-12/h1,3-4,6,8-9H,5,7H2. The molecule has 0 spiro atoms. The van der Waals surface area contributed by atoms with Gasteiger partial charge in [-0.2, -0.15) is 0 Å². The van der Waals surface area contributed by atoms with Gasteiger partial charge in [-0.1, -0.05) is 0 Å². The second-order valence-electron chi connectivity index (χ2n) is 4.08. The fraction of sp³-hybridized carbons (Fsp3) is 0.231. The Kier molecular flexibility index (Phi) is 2.34. The summed E-state index contributed by atoms with van der Waals surface area (Å²) >= 11 is 1.60. The van der Waals surface area contributed by atoms with Gasteiger partial charge in [0, 0.05) is 24.6 Å². The summed E-state index contributed by atoms with van der Waals surface area (Å²) in [4.78, 5) is 17.8. The Morgan fingerprint density at radius 1 is 1.53 bits per heavy atom. The topological polar surface area (TPSA) is 33.2 Å². The number of carbonyl (C=O) groups excluding carboxylic acids is 1. The molecule has 84 valence electrons. The van der Waals surface area contributed by atoms with E-state index >= 15 is 0 Å². The monoisotopic (exact) mass is 242 g/mol. The van der Waals surface area contributed by atoms with Crippen molar-refractivity contribution in [1.29, 1.82) is 0 Å². The minimum absolute atomic E-state index is 0.0358. The van der Waals surface area contributed by atoms with E-state index in [4.69, 9.17) is 6.42 Å². The zero-order valence-electron chi connectivity index (χ0n) is 9.09. The number of anilines is 1. The summed E-state index contributed by atoms with van der Waals surface area (Å²) in [5.74, 6) is 2.79. The Balaban J connectivity index is 1.98. The molecule has 1 aliphatic rings. The molecule has 2 heterocycles. The smallest absolute Gasteiger partial charge is 0.228 e. The summed E-state index contributed by atoms with van der Waals surface area (Å²) < 4.78 is 1.13. The largest absolute Gasteiger partial charge is 0.311 e. The average molecular weight is 242 g/mol. The van der Waals surface area contributed by atoms with Crippen molar-refractivity contribution in [3.63, 3.8) is 0 Å². The predicted octanol–water partition coefficient (Wildman–Crippen LogP) is 2.28. The Morgan fingerprint density at radius 2 is 2.41 bits per heavy atom. The molecular weight excluding hydrogens is 232 g/mol. The Bertz CT molecular complexity index is 626. The molecule has 1 unspecified atom stereocenters. The number of thiazole rings is 1. The fourth-order valence-corrected chi connectivity index (χ4v) is 2.74. The Morgan fingerprint density at radius 3 is 3.18 bits per heavy atom. The maximum atomic E-state index is 11.8. The van der Waals surface area contributed by atoms with Gasteiger partial charge in [0.15, 0.2) is 0 Å². The van der Waals surface area contributed by atoms with Crippen molar-refractivity contribution in [2.24, 2.45) is 5.92 Å². The summed E-state index contributed by atoms with van der Waals surface area (Å²) in [7, 11) is 0. The quantitative estimate of drug-likeness (QED) is 0.719. The van der Waals surface area contributed by atoms with Crippen LogP contribution in [0.4, 0.5) is 5.69 Å². The highest BCUT2D eigenvalue weighted by Gasteiger charge is 2.29. The van der Waals surface area contributed by atoms with Gasteiger partial charge in [-0.15, -0.1) is 23.7 Å². The first-order chi connectivity index (χ1) is 8.28. The molecule has 1 fully saturated rings. The molecule has 17 heavy (non-hydrogen) atoms. The summed E-state index contributed by atoms with van der Waals surface area (Å²) in [5, 5.41) is 0. The van der Waals surface area contributed by atoms with Gasteiger partial charge in [-0.25, -0.2) is 4.98 Å². The average Bonchev–Trinajstić information content (AvgIpc) is 2.93. The van der Waals surface area contributed by atoms with Crippen LogP contribution < -0.4 is 4.90 Å². The molecule has 3 nitrogen and oxygen atoms in total. The molecule has 1 aromatic carbocycles. The third kappa shape index (κ3) is 1.69. The van der Waals surface area contributed by atoms with Crippen LogP contribution in [0.15, 0.2) is 23.7 Å². The molecule has 2 aromatic rings. The van der Waals surface area contributed by atoms with Crippen LogP contribution in [0.3, 0.4) is 0 Å². The summed E-state index contributed by atoms with van der Waals surface area (Å²) in [6.45, 7) is 0.616. The number of hydrogen-bond donors (Lipinski definition) is 0. The zero-order chi connectivity index (χ0) is 11.8. The number of aromatic nitrogens is 1. The molecule has 0 bridgehead atoms. The second-order valence-corrected chi connectivity index (χ2v) is 4.96. The first-order valence-corrected chi connectivity index (χ1v) is 6.25. The number of fused-ring (bicyclic) bond motifs is 1. The van der Waals surface area contributed by atoms with Crippen LogP contribution in [0.25, 0.3) is 10.2 Å². The van der Waals surface area contributed by atoms with Gasteiger partial charge >= 0.3 is 0 Å². The third-order valence-electron chi connectivity index (χ3n) is 2.99. The van der Waals surface area contributed by atoms with Crippen LogP contribution in [-0.2, 0) is 4.79 Å². The van der Waals surface area contributed by atoms with Crippen molar-refractivity contribution in [3.05, 3.63) is 23.7 Å². The number of rotatable bonds is 1. The molecule has 1 aliphatic heterocycles. The predicted molar refractivity (Wildman–Crippen MR) is 68.9 cm³/mol. The zero-order valence-corrected chi connectivity index (χ0v) is 9.91. The molecule has 0 radical (unpaired) electrons. The van der Waals surface area contributed by atoms with Gasteiger partial charge in [0.2, 0.25) is 5.91 Å². The van der Waals surface area contributed by atoms with Gasteiger partial charge in [0.05, 0.1) is 15.7 Å². The Labute approximate surface area is 103 Å². The molecular formula is C13H10N2OS. The van der Waals surface area contributed by atoms with Crippen LogP contribution in [0.1, 0.15) is 6.42 Å². The lowest BCUT2D eigenvalue weighted by molar-refractivity contribution is -0.117. The van der Waals surface area contributed by atoms with Crippen LogP contribution in [0, 0.1) is 18.3 Å². The normalized spacial score (nSPS) is 19.8. The van der Waals surface area contributed by atoms with Crippen LogP contribution in [0.2, 0.25) is 0 Å². The Hall–Kier alpha value is -1.86. The van der Waals surface area contributed by atoms with E-state index < -0.39 is 0 Å². The van der Waals surface area contributed by atoms with E-state index in [1.54, 1.807) is 16.2 Å². The number of benzene rings is 1. The number of nitrogens with zero attached hydrogens (tertiary/aromatic N) is 2. The second kappa shape index (κ2) is 3.86. The highest BCUT2D eigenvalue weighted by molar-refractivity contribution is 7.16. The fourth-order valence-electron chi connectivity index (χ4n) is 2.08. The van der Waals surface area contributed by atoms with Gasteiger partial charge in [-0.05, 0) is 18.2 Å². The molecule has 1 amide bonds. The van der Waals surface area contributed by atoms with Crippen molar-refractivity contribution in [1.82, 2.24) is 4.98 Å². The van der Waals surface area contributed by atoms with E-state index in [0.717, 1.165) is 15.9 Å². The third-order valence-corrected chi connectivity index (χ3v) is 3.80. The lowest BCUT2D eigenvalue weighted by Gasteiger charge is -2.15. The summed E-state index contributed by atoms with van der Waals surface area (Å²) in [5.41, 5.74) is 3.64. The van der Waals surface area contributed by atoms with E-state index in [9.17, 15) is 4.79 Å². The lowest BCUT2D eigenvalue weighted by Crippen LogP contribution is -2.24. The van der Waals surface area contributed by atoms with Crippen molar-refractivity contribution >= 4 is 33.1 Å².